The van der Waals surface area contributed by atoms with Crippen LogP contribution in [0.25, 0.3) is 0 Å². The van der Waals surface area contributed by atoms with Crippen LogP contribution in [0.3, 0.4) is 0 Å². The lowest BCUT2D eigenvalue weighted by molar-refractivity contribution is -0.148. The maximum Gasteiger partial charge on any atom is 0.323 e. The summed E-state index contributed by atoms with van der Waals surface area (Å²) in [5.74, 6) is -0.807. The molecule has 0 aliphatic rings. The SMILES string of the molecule is C=C(CC)CN(C)C(C)(C)C(=O)O. The second-order valence-electron chi connectivity index (χ2n) is 3.82. The van der Waals surface area contributed by atoms with E-state index >= 15 is 0 Å². The molecule has 0 fully saturated rings. The highest BCUT2D eigenvalue weighted by Gasteiger charge is 2.31. The average Bonchev–Trinajstić information content (AvgIpc) is 2.03. The summed E-state index contributed by atoms with van der Waals surface area (Å²) in [6.45, 7) is 9.89. The van der Waals surface area contributed by atoms with Gasteiger partial charge in [-0.2, -0.15) is 0 Å². The highest BCUT2D eigenvalue weighted by atomic mass is 16.4. The van der Waals surface area contributed by atoms with Crippen LogP contribution in [0.5, 0.6) is 0 Å². The minimum atomic E-state index is -0.821. The van der Waals surface area contributed by atoms with Gasteiger partial charge in [0.05, 0.1) is 0 Å². The van der Waals surface area contributed by atoms with Gasteiger partial charge in [-0.3, -0.25) is 9.69 Å². The first kappa shape index (κ1) is 12.2. The number of hydrogen-bond acceptors (Lipinski definition) is 2. The second-order valence-corrected chi connectivity index (χ2v) is 3.82. The molecule has 3 nitrogen and oxygen atoms in total. The van der Waals surface area contributed by atoms with Crippen molar-refractivity contribution in [3.8, 4) is 0 Å². The van der Waals surface area contributed by atoms with Crippen LogP contribution in [0.15, 0.2) is 12.2 Å². The van der Waals surface area contributed by atoms with E-state index in [2.05, 4.69) is 6.58 Å². The highest BCUT2D eigenvalue weighted by molar-refractivity contribution is 5.77. The van der Waals surface area contributed by atoms with Gasteiger partial charge < -0.3 is 5.11 Å². The van der Waals surface area contributed by atoms with E-state index in [1.165, 1.54) is 0 Å². The van der Waals surface area contributed by atoms with Crippen molar-refractivity contribution in [3.63, 3.8) is 0 Å². The summed E-state index contributed by atoms with van der Waals surface area (Å²) < 4.78 is 0. The molecule has 0 aromatic carbocycles. The normalized spacial score (nSPS) is 11.8. The van der Waals surface area contributed by atoms with E-state index in [1.54, 1.807) is 25.8 Å². The molecule has 0 aromatic rings. The highest BCUT2D eigenvalue weighted by Crippen LogP contribution is 2.14. The third-order valence-corrected chi connectivity index (χ3v) is 2.44. The summed E-state index contributed by atoms with van der Waals surface area (Å²) in [5, 5.41) is 8.93. The Morgan fingerprint density at radius 1 is 1.54 bits per heavy atom. The largest absolute Gasteiger partial charge is 0.480 e. The number of carboxylic acid groups (broad SMARTS) is 1. The zero-order valence-corrected chi connectivity index (χ0v) is 8.92. The van der Waals surface area contributed by atoms with Gasteiger partial charge in [0, 0.05) is 6.54 Å². The van der Waals surface area contributed by atoms with Crippen molar-refractivity contribution in [2.24, 2.45) is 0 Å². The standard InChI is InChI=1S/C10H19NO2/c1-6-8(2)7-11(5)10(3,4)9(12)13/h2,6-7H2,1,3-5H3,(H,12,13). The lowest BCUT2D eigenvalue weighted by Gasteiger charge is -2.31. The molecule has 0 atom stereocenters. The summed E-state index contributed by atoms with van der Waals surface area (Å²) in [4.78, 5) is 12.7. The molecule has 0 spiro atoms. The summed E-state index contributed by atoms with van der Waals surface area (Å²) in [5.41, 5.74) is 0.231. The van der Waals surface area contributed by atoms with E-state index in [0.29, 0.717) is 6.54 Å². The van der Waals surface area contributed by atoms with Crippen molar-refractivity contribution in [2.45, 2.75) is 32.7 Å². The quantitative estimate of drug-likeness (QED) is 0.663. The molecule has 0 aliphatic carbocycles. The monoisotopic (exact) mass is 185 g/mol. The number of nitrogens with zero attached hydrogens (tertiary/aromatic N) is 1. The molecule has 0 unspecified atom stereocenters. The second kappa shape index (κ2) is 4.42. The lowest BCUT2D eigenvalue weighted by Crippen LogP contribution is -2.48. The third kappa shape index (κ3) is 3.19. The Morgan fingerprint density at radius 3 is 2.31 bits per heavy atom. The maximum atomic E-state index is 10.9. The fraction of sp³-hybridized carbons (Fsp3) is 0.700. The molecule has 1 N–H and O–H groups in total. The molecule has 0 heterocycles. The van der Waals surface area contributed by atoms with Gasteiger partial charge in [0.1, 0.15) is 5.54 Å². The van der Waals surface area contributed by atoms with Crippen LogP contribution in [0, 0.1) is 0 Å². The third-order valence-electron chi connectivity index (χ3n) is 2.44. The fourth-order valence-corrected chi connectivity index (χ4v) is 0.808. The van der Waals surface area contributed by atoms with Crippen molar-refractivity contribution in [2.75, 3.05) is 13.6 Å². The molecule has 0 aromatic heterocycles. The lowest BCUT2D eigenvalue weighted by atomic mass is 10.0. The van der Waals surface area contributed by atoms with Gasteiger partial charge in [0.2, 0.25) is 0 Å². The van der Waals surface area contributed by atoms with Gasteiger partial charge in [0.25, 0.3) is 0 Å². The molecule has 3 heteroatoms. The van der Waals surface area contributed by atoms with E-state index < -0.39 is 11.5 Å². The van der Waals surface area contributed by atoms with Crippen molar-refractivity contribution in [3.05, 3.63) is 12.2 Å². The van der Waals surface area contributed by atoms with Crippen molar-refractivity contribution < 1.29 is 9.90 Å². The smallest absolute Gasteiger partial charge is 0.323 e. The predicted molar refractivity (Wildman–Crippen MR) is 53.8 cm³/mol. The van der Waals surface area contributed by atoms with Crippen LogP contribution in [-0.2, 0) is 4.79 Å². The minimum absolute atomic E-state index is 0.635. The zero-order chi connectivity index (χ0) is 10.6. The molecule has 0 rings (SSSR count). The number of carbonyl (C=O) groups is 1. The molecule has 0 saturated heterocycles. The molecular formula is C10H19NO2. The predicted octanol–water partition coefficient (Wildman–Crippen LogP) is 1.75. The molecular weight excluding hydrogens is 166 g/mol. The van der Waals surface area contributed by atoms with Crippen LogP contribution < -0.4 is 0 Å². The van der Waals surface area contributed by atoms with Crippen LogP contribution >= 0.6 is 0 Å². The Labute approximate surface area is 80.0 Å². The van der Waals surface area contributed by atoms with Crippen molar-refractivity contribution >= 4 is 5.97 Å². The first-order chi connectivity index (χ1) is 5.82. The van der Waals surface area contributed by atoms with Gasteiger partial charge in [-0.05, 0) is 27.3 Å². The maximum absolute atomic E-state index is 10.9. The van der Waals surface area contributed by atoms with Gasteiger partial charge in [0.15, 0.2) is 0 Å². The molecule has 0 amide bonds. The van der Waals surface area contributed by atoms with Crippen LogP contribution in [-0.4, -0.2) is 35.1 Å². The molecule has 13 heavy (non-hydrogen) atoms. The fourth-order valence-electron chi connectivity index (χ4n) is 0.808. The first-order valence-corrected chi connectivity index (χ1v) is 4.43. The Kier molecular flexibility index (Phi) is 4.14. The van der Waals surface area contributed by atoms with Crippen molar-refractivity contribution in [1.29, 1.82) is 0 Å². The van der Waals surface area contributed by atoms with Crippen LogP contribution in [0.4, 0.5) is 0 Å². The van der Waals surface area contributed by atoms with E-state index in [9.17, 15) is 4.79 Å². The number of carboxylic acids is 1. The van der Waals surface area contributed by atoms with Gasteiger partial charge in [-0.1, -0.05) is 19.1 Å². The summed E-state index contributed by atoms with van der Waals surface area (Å²) >= 11 is 0. The molecule has 0 saturated carbocycles. The zero-order valence-electron chi connectivity index (χ0n) is 8.92. The number of aliphatic carboxylic acids is 1. The van der Waals surface area contributed by atoms with E-state index in [4.69, 9.17) is 5.11 Å². The first-order valence-electron chi connectivity index (χ1n) is 4.43. The topological polar surface area (TPSA) is 40.5 Å². The average molecular weight is 185 g/mol. The van der Waals surface area contributed by atoms with Gasteiger partial charge >= 0.3 is 5.97 Å². The summed E-state index contributed by atoms with van der Waals surface area (Å²) in [6, 6.07) is 0. The van der Waals surface area contributed by atoms with E-state index in [1.807, 2.05) is 6.92 Å². The van der Waals surface area contributed by atoms with E-state index in [-0.39, 0.29) is 0 Å². The summed E-state index contributed by atoms with van der Waals surface area (Å²) in [7, 11) is 1.80. The minimum Gasteiger partial charge on any atom is -0.480 e. The molecule has 0 radical (unpaired) electrons. The Bertz CT molecular complexity index is 209. The number of likely N-dealkylation sites (N-methyl/N-ethyl adjacent to an activating group) is 1. The Hall–Kier alpha value is -0.830. The number of rotatable bonds is 5. The van der Waals surface area contributed by atoms with Crippen molar-refractivity contribution in [1.82, 2.24) is 4.90 Å². The van der Waals surface area contributed by atoms with Crippen LogP contribution in [0.1, 0.15) is 27.2 Å². The summed E-state index contributed by atoms with van der Waals surface area (Å²) in [6.07, 6.45) is 0.889. The Morgan fingerprint density at radius 2 is 2.00 bits per heavy atom. The van der Waals surface area contributed by atoms with E-state index in [0.717, 1.165) is 12.0 Å². The molecule has 76 valence electrons. The van der Waals surface area contributed by atoms with Gasteiger partial charge in [-0.25, -0.2) is 0 Å². The Balaban J connectivity index is 4.33. The molecule has 0 bridgehead atoms. The van der Waals surface area contributed by atoms with Gasteiger partial charge in [-0.15, -0.1) is 0 Å². The molecule has 0 aliphatic heterocycles. The number of hydrogen-bond donors (Lipinski definition) is 1. The van der Waals surface area contributed by atoms with Crippen LogP contribution in [0.2, 0.25) is 0 Å².